The first-order valence-electron chi connectivity index (χ1n) is 8.30. The predicted octanol–water partition coefficient (Wildman–Crippen LogP) is 4.77. The molecule has 2 rings (SSSR count). The molecule has 1 atom stereocenters. The van der Waals surface area contributed by atoms with Crippen LogP contribution in [0.4, 0.5) is 23.2 Å². The van der Waals surface area contributed by atoms with Gasteiger partial charge in [-0.1, -0.05) is 25.4 Å². The van der Waals surface area contributed by atoms with E-state index in [1.807, 2.05) is 13.8 Å². The molecule has 0 aliphatic heterocycles. The first-order chi connectivity index (χ1) is 13.6. The Morgan fingerprint density at radius 3 is 2.48 bits per heavy atom. The second-order valence-corrected chi connectivity index (χ2v) is 5.67. The van der Waals surface area contributed by atoms with Gasteiger partial charge in [-0.05, 0) is 30.3 Å². The summed E-state index contributed by atoms with van der Waals surface area (Å²) in [5.74, 6) is -1.80. The Bertz CT molecular complexity index is 898. The lowest BCUT2D eigenvalue weighted by molar-refractivity contribution is -0.137. The fourth-order valence-corrected chi connectivity index (χ4v) is 2.11. The zero-order valence-electron chi connectivity index (χ0n) is 15.3. The number of benzene rings is 2. The number of carbonyl (C=O) groups excluding carboxylic acids is 1. The average Bonchev–Trinajstić information content (AvgIpc) is 2.69. The first kappa shape index (κ1) is 24.2. The van der Waals surface area contributed by atoms with Crippen LogP contribution in [0.5, 0.6) is 5.75 Å². The van der Waals surface area contributed by atoms with Crippen molar-refractivity contribution in [3.05, 3.63) is 58.4 Å². The molecule has 0 radical (unpaired) electrons. The van der Waals surface area contributed by atoms with Gasteiger partial charge in [-0.25, -0.2) is 4.39 Å². The topological polar surface area (TPSA) is 82.4 Å². The van der Waals surface area contributed by atoms with Crippen molar-refractivity contribution in [3.8, 4) is 11.8 Å². The van der Waals surface area contributed by atoms with Crippen LogP contribution < -0.4 is 10.1 Å². The molecule has 29 heavy (non-hydrogen) atoms. The third-order valence-corrected chi connectivity index (χ3v) is 3.62. The van der Waals surface area contributed by atoms with Gasteiger partial charge in [-0.2, -0.15) is 18.4 Å². The van der Waals surface area contributed by atoms with E-state index in [4.69, 9.17) is 21.6 Å². The van der Waals surface area contributed by atoms with Crippen LogP contribution in [-0.2, 0) is 11.0 Å². The zero-order valence-corrected chi connectivity index (χ0v) is 16.1. The van der Waals surface area contributed by atoms with E-state index in [2.05, 4.69) is 5.32 Å². The van der Waals surface area contributed by atoms with E-state index in [-0.39, 0.29) is 16.5 Å². The van der Waals surface area contributed by atoms with Crippen LogP contribution in [0.2, 0.25) is 5.02 Å². The lowest BCUT2D eigenvalue weighted by atomic mass is 10.1. The molecule has 2 N–H and O–H groups in total. The highest BCUT2D eigenvalue weighted by Gasteiger charge is 2.34. The third-order valence-electron chi connectivity index (χ3n) is 3.31. The number of ether oxygens (including phenoxy) is 1. The van der Waals surface area contributed by atoms with Crippen molar-refractivity contribution in [1.29, 1.82) is 5.26 Å². The summed E-state index contributed by atoms with van der Waals surface area (Å²) in [6.45, 7) is 3.43. The van der Waals surface area contributed by atoms with E-state index in [0.717, 1.165) is 18.2 Å². The van der Waals surface area contributed by atoms with Crippen LogP contribution in [0.15, 0.2) is 36.4 Å². The number of rotatable bonds is 5. The molecule has 0 bridgehead atoms. The van der Waals surface area contributed by atoms with Gasteiger partial charge in [0.2, 0.25) is 0 Å². The highest BCUT2D eigenvalue weighted by atomic mass is 35.5. The van der Waals surface area contributed by atoms with Crippen molar-refractivity contribution in [2.45, 2.75) is 26.1 Å². The van der Waals surface area contributed by atoms with Crippen molar-refractivity contribution in [3.63, 3.8) is 0 Å². The van der Waals surface area contributed by atoms with Gasteiger partial charge in [-0.15, -0.1) is 0 Å². The summed E-state index contributed by atoms with van der Waals surface area (Å²) >= 11 is 5.51. The molecule has 2 aromatic rings. The summed E-state index contributed by atoms with van der Waals surface area (Å²) in [7, 11) is 0. The Hall–Kier alpha value is -2.83. The minimum Gasteiger partial charge on any atom is -0.490 e. The van der Waals surface area contributed by atoms with Crippen LogP contribution in [0.3, 0.4) is 0 Å². The molecule has 0 aromatic heterocycles. The predicted molar refractivity (Wildman–Crippen MR) is 99.0 cm³/mol. The molecule has 10 heteroatoms. The zero-order chi connectivity index (χ0) is 22.2. The minimum absolute atomic E-state index is 0.00137. The number of nitriles is 1. The SMILES string of the molecule is CC.N#Cc1ccc(NC(=O)C(O)COc2ccc(Cl)c(F)c2)cc1C(F)(F)F. The maximum absolute atomic E-state index is 13.3. The van der Waals surface area contributed by atoms with E-state index in [1.165, 1.54) is 18.2 Å². The van der Waals surface area contributed by atoms with Crippen LogP contribution in [0.25, 0.3) is 0 Å². The molecule has 2 aromatic carbocycles. The second kappa shape index (κ2) is 10.6. The number of hydrogen-bond acceptors (Lipinski definition) is 4. The molecule has 0 spiro atoms. The molecular weight excluding hydrogens is 416 g/mol. The molecule has 5 nitrogen and oxygen atoms in total. The fraction of sp³-hybridized carbons (Fsp3) is 0.263. The third kappa shape index (κ3) is 6.93. The number of halogens is 5. The molecular formula is C19H17ClF4N2O3. The maximum Gasteiger partial charge on any atom is 0.417 e. The van der Waals surface area contributed by atoms with Gasteiger partial charge in [0.05, 0.1) is 22.2 Å². The van der Waals surface area contributed by atoms with Crippen molar-refractivity contribution >= 4 is 23.2 Å². The smallest absolute Gasteiger partial charge is 0.417 e. The summed E-state index contributed by atoms with van der Waals surface area (Å²) in [6, 6.07) is 7.46. The Balaban J connectivity index is 0.00000204. The van der Waals surface area contributed by atoms with Gasteiger partial charge in [-0.3, -0.25) is 4.79 Å². The van der Waals surface area contributed by atoms with Crippen molar-refractivity contribution in [1.82, 2.24) is 0 Å². The standard InChI is InChI=1S/C17H11ClF4N2O3.C2H6/c18-13-4-3-11(6-14(13)19)27-8-15(25)16(26)24-10-2-1-9(7-23)12(5-10)17(20,21)22;1-2/h1-6,15,25H,8H2,(H,24,26);1-2H3. The number of amides is 1. The summed E-state index contributed by atoms with van der Waals surface area (Å²) in [5, 5.41) is 20.4. The van der Waals surface area contributed by atoms with Gasteiger partial charge in [0.25, 0.3) is 5.91 Å². The molecule has 0 fully saturated rings. The van der Waals surface area contributed by atoms with Crippen LogP contribution >= 0.6 is 11.6 Å². The van der Waals surface area contributed by atoms with Gasteiger partial charge in [0, 0.05) is 11.8 Å². The molecule has 0 saturated heterocycles. The lowest BCUT2D eigenvalue weighted by Gasteiger charge is -2.15. The molecule has 0 aliphatic carbocycles. The quantitative estimate of drug-likeness (QED) is 0.666. The van der Waals surface area contributed by atoms with Crippen molar-refractivity contribution in [2.24, 2.45) is 0 Å². The molecule has 1 unspecified atom stereocenters. The number of anilines is 1. The average molecular weight is 433 g/mol. The Morgan fingerprint density at radius 1 is 1.28 bits per heavy atom. The van der Waals surface area contributed by atoms with Gasteiger partial charge in [0.1, 0.15) is 18.2 Å². The second-order valence-electron chi connectivity index (χ2n) is 5.26. The maximum atomic E-state index is 13.3. The highest BCUT2D eigenvalue weighted by molar-refractivity contribution is 6.30. The molecule has 1 amide bonds. The van der Waals surface area contributed by atoms with E-state index in [9.17, 15) is 27.5 Å². The van der Waals surface area contributed by atoms with Gasteiger partial charge in [0.15, 0.2) is 6.10 Å². The van der Waals surface area contributed by atoms with E-state index >= 15 is 0 Å². The Morgan fingerprint density at radius 2 is 1.93 bits per heavy atom. The number of carbonyl (C=O) groups is 1. The number of alkyl halides is 3. The summed E-state index contributed by atoms with van der Waals surface area (Å²) < 4.78 is 57.0. The molecule has 156 valence electrons. The number of aliphatic hydroxyl groups excluding tert-OH is 1. The minimum atomic E-state index is -4.79. The first-order valence-corrected chi connectivity index (χ1v) is 8.67. The molecule has 0 heterocycles. The Labute approximate surface area is 169 Å². The molecule has 0 saturated carbocycles. The monoisotopic (exact) mass is 432 g/mol. The van der Waals surface area contributed by atoms with Crippen molar-refractivity contribution in [2.75, 3.05) is 11.9 Å². The molecule has 0 aliphatic rings. The number of aliphatic hydroxyl groups is 1. The summed E-state index contributed by atoms with van der Waals surface area (Å²) in [4.78, 5) is 11.9. The summed E-state index contributed by atoms with van der Waals surface area (Å²) in [5.41, 5.74) is -2.08. The number of hydrogen-bond donors (Lipinski definition) is 2. The summed E-state index contributed by atoms with van der Waals surface area (Å²) in [6.07, 6.45) is -6.53. The normalized spacial score (nSPS) is 11.6. The van der Waals surface area contributed by atoms with Crippen LogP contribution in [-0.4, -0.2) is 23.7 Å². The number of nitrogens with one attached hydrogen (secondary N) is 1. The van der Waals surface area contributed by atoms with E-state index in [1.54, 1.807) is 0 Å². The number of nitrogens with zero attached hydrogens (tertiary/aromatic N) is 1. The fourth-order valence-electron chi connectivity index (χ4n) is 2.00. The van der Waals surface area contributed by atoms with E-state index < -0.39 is 41.7 Å². The van der Waals surface area contributed by atoms with Gasteiger partial charge >= 0.3 is 6.18 Å². The highest BCUT2D eigenvalue weighted by Crippen LogP contribution is 2.33. The van der Waals surface area contributed by atoms with Crippen LogP contribution in [0, 0.1) is 17.1 Å². The van der Waals surface area contributed by atoms with Gasteiger partial charge < -0.3 is 15.2 Å². The Kier molecular flexibility index (Phi) is 8.88. The van der Waals surface area contributed by atoms with Crippen LogP contribution in [0.1, 0.15) is 25.0 Å². The van der Waals surface area contributed by atoms with Crippen molar-refractivity contribution < 1.29 is 32.2 Å². The van der Waals surface area contributed by atoms with E-state index in [0.29, 0.717) is 6.07 Å². The largest absolute Gasteiger partial charge is 0.490 e. The lowest BCUT2D eigenvalue weighted by Crippen LogP contribution is -2.33.